The van der Waals surface area contributed by atoms with Gasteiger partial charge in [-0.15, -0.1) is 0 Å². The van der Waals surface area contributed by atoms with E-state index in [1.165, 1.54) is 12.1 Å². The number of non-ortho nitro benzene ring substituents is 1. The molecule has 0 atom stereocenters. The number of benzene rings is 2. The van der Waals surface area contributed by atoms with Gasteiger partial charge in [0.1, 0.15) is 17.8 Å². The van der Waals surface area contributed by atoms with Crippen LogP contribution in [0.4, 0.5) is 5.69 Å². The van der Waals surface area contributed by atoms with Crippen LogP contribution in [-0.4, -0.2) is 11.2 Å². The molecule has 2 rings (SSSR count). The van der Waals surface area contributed by atoms with Crippen LogP contribution in [0.25, 0.3) is 0 Å². The molecule has 0 radical (unpaired) electrons. The molecule has 0 saturated heterocycles. The third-order valence-electron chi connectivity index (χ3n) is 2.30. The van der Waals surface area contributed by atoms with Gasteiger partial charge in [0.25, 0.3) is 5.69 Å². The third-order valence-corrected chi connectivity index (χ3v) is 2.75. The standard InChI is InChI=1S/C13H8BrNO4/c14-10-5-11(15(17)18)7-13(6-10)19-12-3-1-2-9(4-12)8-16/h1-8H. The van der Waals surface area contributed by atoms with Crippen LogP contribution in [0.2, 0.25) is 0 Å². The van der Waals surface area contributed by atoms with Gasteiger partial charge in [0.15, 0.2) is 0 Å². The topological polar surface area (TPSA) is 69.4 Å². The Morgan fingerprint density at radius 2 is 1.95 bits per heavy atom. The zero-order valence-electron chi connectivity index (χ0n) is 9.58. The number of nitro groups is 1. The van der Waals surface area contributed by atoms with Crippen LogP contribution in [0.3, 0.4) is 0 Å². The summed E-state index contributed by atoms with van der Waals surface area (Å²) in [7, 11) is 0. The third kappa shape index (κ3) is 3.38. The van der Waals surface area contributed by atoms with Gasteiger partial charge in [0, 0.05) is 16.1 Å². The summed E-state index contributed by atoms with van der Waals surface area (Å²) in [5.41, 5.74) is 0.401. The first kappa shape index (κ1) is 13.2. The molecule has 0 aliphatic rings. The van der Waals surface area contributed by atoms with Gasteiger partial charge in [-0.05, 0) is 18.2 Å². The second-order valence-electron chi connectivity index (χ2n) is 3.69. The Kier molecular flexibility index (Phi) is 3.91. The second-order valence-corrected chi connectivity index (χ2v) is 4.61. The number of hydrogen-bond acceptors (Lipinski definition) is 4. The Labute approximate surface area is 117 Å². The molecule has 0 aliphatic carbocycles. The lowest BCUT2D eigenvalue weighted by molar-refractivity contribution is -0.385. The Morgan fingerprint density at radius 3 is 2.63 bits per heavy atom. The highest BCUT2D eigenvalue weighted by Gasteiger charge is 2.10. The number of carbonyl (C=O) groups excluding carboxylic acids is 1. The number of carbonyl (C=O) groups is 1. The number of rotatable bonds is 4. The molecule has 0 saturated carbocycles. The summed E-state index contributed by atoms with van der Waals surface area (Å²) >= 11 is 3.18. The number of nitro benzene ring substituents is 1. The van der Waals surface area contributed by atoms with Crippen LogP contribution in [-0.2, 0) is 0 Å². The molecular weight excluding hydrogens is 314 g/mol. The van der Waals surface area contributed by atoms with Crippen molar-refractivity contribution in [2.45, 2.75) is 0 Å². The van der Waals surface area contributed by atoms with Crippen LogP contribution < -0.4 is 4.74 Å². The molecule has 19 heavy (non-hydrogen) atoms. The first-order valence-electron chi connectivity index (χ1n) is 5.26. The molecule has 96 valence electrons. The van der Waals surface area contributed by atoms with Crippen molar-refractivity contribution in [2.24, 2.45) is 0 Å². The van der Waals surface area contributed by atoms with E-state index in [4.69, 9.17) is 4.74 Å². The molecule has 0 spiro atoms. The Balaban J connectivity index is 2.32. The average Bonchev–Trinajstić information content (AvgIpc) is 2.38. The van der Waals surface area contributed by atoms with Gasteiger partial charge in [0.2, 0.25) is 0 Å². The largest absolute Gasteiger partial charge is 0.457 e. The van der Waals surface area contributed by atoms with Crippen LogP contribution in [0.1, 0.15) is 10.4 Å². The average molecular weight is 322 g/mol. The monoisotopic (exact) mass is 321 g/mol. The van der Waals surface area contributed by atoms with Crippen LogP contribution in [0, 0.1) is 10.1 Å². The molecule has 2 aromatic rings. The maximum atomic E-state index is 10.7. The number of ether oxygens (including phenoxy) is 1. The quantitative estimate of drug-likeness (QED) is 0.485. The van der Waals surface area contributed by atoms with Gasteiger partial charge in [-0.1, -0.05) is 28.1 Å². The lowest BCUT2D eigenvalue weighted by atomic mass is 10.2. The molecule has 0 heterocycles. The first-order valence-corrected chi connectivity index (χ1v) is 6.06. The van der Waals surface area contributed by atoms with Crippen molar-refractivity contribution in [3.8, 4) is 11.5 Å². The zero-order chi connectivity index (χ0) is 13.8. The van der Waals surface area contributed by atoms with Crippen LogP contribution >= 0.6 is 15.9 Å². The first-order chi connectivity index (χ1) is 9.08. The van der Waals surface area contributed by atoms with E-state index in [1.54, 1.807) is 30.3 Å². The van der Waals surface area contributed by atoms with Crippen molar-refractivity contribution < 1.29 is 14.5 Å². The van der Waals surface area contributed by atoms with Crippen molar-refractivity contribution in [1.82, 2.24) is 0 Å². The minimum absolute atomic E-state index is 0.0732. The fourth-order valence-corrected chi connectivity index (χ4v) is 1.96. The predicted molar refractivity (Wildman–Crippen MR) is 72.7 cm³/mol. The number of aldehydes is 1. The molecule has 0 bridgehead atoms. The Hall–Kier alpha value is -2.21. The van der Waals surface area contributed by atoms with Gasteiger partial charge >= 0.3 is 0 Å². The van der Waals surface area contributed by atoms with Crippen molar-refractivity contribution in [3.63, 3.8) is 0 Å². The van der Waals surface area contributed by atoms with Crippen molar-refractivity contribution in [3.05, 3.63) is 62.6 Å². The van der Waals surface area contributed by atoms with Crippen molar-refractivity contribution in [1.29, 1.82) is 0 Å². The van der Waals surface area contributed by atoms with Crippen LogP contribution in [0.5, 0.6) is 11.5 Å². The number of nitrogens with zero attached hydrogens (tertiary/aromatic N) is 1. The fourth-order valence-electron chi connectivity index (χ4n) is 1.50. The molecule has 0 N–H and O–H groups in total. The highest BCUT2D eigenvalue weighted by Crippen LogP contribution is 2.29. The van der Waals surface area contributed by atoms with Crippen LogP contribution in [0.15, 0.2) is 46.9 Å². The fraction of sp³-hybridized carbons (Fsp3) is 0. The van der Waals surface area contributed by atoms with Gasteiger partial charge in [-0.25, -0.2) is 0 Å². The maximum Gasteiger partial charge on any atom is 0.274 e. The predicted octanol–water partition coefficient (Wildman–Crippen LogP) is 3.96. The van der Waals surface area contributed by atoms with E-state index < -0.39 is 4.92 Å². The minimum atomic E-state index is -0.501. The Morgan fingerprint density at radius 1 is 1.16 bits per heavy atom. The highest BCUT2D eigenvalue weighted by molar-refractivity contribution is 9.10. The molecule has 0 aromatic heterocycles. The summed E-state index contributed by atoms with van der Waals surface area (Å²) in [4.78, 5) is 20.9. The molecular formula is C13H8BrNO4. The van der Waals surface area contributed by atoms with Gasteiger partial charge in [-0.2, -0.15) is 0 Å². The highest BCUT2D eigenvalue weighted by atomic mass is 79.9. The van der Waals surface area contributed by atoms with E-state index in [9.17, 15) is 14.9 Å². The number of halogens is 1. The summed E-state index contributed by atoms with van der Waals surface area (Å²) in [6.45, 7) is 0. The molecule has 2 aromatic carbocycles. The second kappa shape index (κ2) is 5.62. The molecule has 6 heteroatoms. The molecule has 0 fully saturated rings. The van der Waals surface area contributed by atoms with E-state index in [-0.39, 0.29) is 5.69 Å². The summed E-state index contributed by atoms with van der Waals surface area (Å²) in [5, 5.41) is 10.7. The van der Waals surface area contributed by atoms with Gasteiger partial charge in [0.05, 0.1) is 11.0 Å². The van der Waals surface area contributed by atoms with Gasteiger partial charge in [-0.3, -0.25) is 14.9 Å². The summed E-state index contributed by atoms with van der Waals surface area (Å²) in [6.07, 6.45) is 0.705. The molecule has 0 unspecified atom stereocenters. The number of hydrogen-bond donors (Lipinski definition) is 0. The maximum absolute atomic E-state index is 10.7. The molecule has 0 aliphatic heterocycles. The summed E-state index contributed by atoms with van der Waals surface area (Å²) in [6, 6.07) is 10.8. The SMILES string of the molecule is O=Cc1cccc(Oc2cc(Br)cc([N+](=O)[O-])c2)c1. The molecule has 0 amide bonds. The normalized spacial score (nSPS) is 9.95. The van der Waals surface area contributed by atoms with E-state index in [1.807, 2.05) is 0 Å². The van der Waals surface area contributed by atoms with Gasteiger partial charge < -0.3 is 4.74 Å². The Bertz CT molecular complexity index is 642. The minimum Gasteiger partial charge on any atom is -0.457 e. The lowest BCUT2D eigenvalue weighted by Crippen LogP contribution is -1.91. The smallest absolute Gasteiger partial charge is 0.274 e. The lowest BCUT2D eigenvalue weighted by Gasteiger charge is -2.06. The summed E-state index contributed by atoms with van der Waals surface area (Å²) in [5.74, 6) is 0.765. The van der Waals surface area contributed by atoms with E-state index in [0.29, 0.717) is 27.8 Å². The zero-order valence-corrected chi connectivity index (χ0v) is 11.2. The van der Waals surface area contributed by atoms with E-state index >= 15 is 0 Å². The van der Waals surface area contributed by atoms with Crippen molar-refractivity contribution in [2.75, 3.05) is 0 Å². The summed E-state index contributed by atoms with van der Waals surface area (Å²) < 4.78 is 6.04. The van der Waals surface area contributed by atoms with E-state index in [2.05, 4.69) is 15.9 Å². The molecule has 5 nitrogen and oxygen atoms in total. The van der Waals surface area contributed by atoms with E-state index in [0.717, 1.165) is 0 Å². The van der Waals surface area contributed by atoms with Crippen molar-refractivity contribution >= 4 is 27.9 Å².